The molecule has 0 saturated heterocycles. The van der Waals surface area contributed by atoms with Crippen molar-refractivity contribution in [3.8, 4) is 0 Å². The average molecular weight is 487 g/mol. The number of imidazole rings is 1. The fraction of sp³-hybridized carbons (Fsp3) is 0.261. The number of para-hydroxylation sites is 1. The Morgan fingerprint density at radius 1 is 0.970 bits per heavy atom. The predicted octanol–water partition coefficient (Wildman–Crippen LogP) is 6.24. The number of aromatic nitrogens is 4. The van der Waals surface area contributed by atoms with Crippen molar-refractivity contribution in [1.29, 1.82) is 0 Å². The molecule has 2 aromatic carbocycles. The molecule has 0 radical (unpaired) electrons. The highest BCUT2D eigenvalue weighted by Crippen LogP contribution is 2.35. The molecule has 0 bridgehead atoms. The normalized spacial score (nSPS) is 18.4. The third-order valence-electron chi connectivity index (χ3n) is 5.76. The number of fused-ring (bicyclic) bond motifs is 1. The molecule has 4 aromatic rings. The minimum atomic E-state index is -0.372. The van der Waals surface area contributed by atoms with Gasteiger partial charge in [-0.05, 0) is 56.0 Å². The van der Waals surface area contributed by atoms with Crippen molar-refractivity contribution >= 4 is 57.6 Å². The molecule has 2 heterocycles. The van der Waals surface area contributed by atoms with Gasteiger partial charge in [-0.25, -0.2) is 14.4 Å². The maximum Gasteiger partial charge on any atom is 0.229 e. The lowest BCUT2D eigenvalue weighted by Gasteiger charge is -2.28. The molecule has 0 unspecified atom stereocenters. The van der Waals surface area contributed by atoms with E-state index in [4.69, 9.17) is 28.2 Å². The van der Waals surface area contributed by atoms with Crippen molar-refractivity contribution in [2.45, 2.75) is 37.8 Å². The van der Waals surface area contributed by atoms with Gasteiger partial charge in [-0.1, -0.05) is 35.3 Å². The molecular formula is C23H21Cl2FN6O. The lowest BCUT2D eigenvalue weighted by molar-refractivity contribution is 0.112. The van der Waals surface area contributed by atoms with Gasteiger partial charge >= 0.3 is 0 Å². The van der Waals surface area contributed by atoms with Crippen LogP contribution in [0.2, 0.25) is 10.0 Å². The zero-order valence-electron chi connectivity index (χ0n) is 17.5. The number of halogens is 3. The topological polar surface area (TPSA) is 87.9 Å². The quantitative estimate of drug-likeness (QED) is 0.309. The maximum absolute atomic E-state index is 14.3. The lowest BCUT2D eigenvalue weighted by Crippen LogP contribution is -2.22. The summed E-state index contributed by atoms with van der Waals surface area (Å²) in [5, 5.41) is 17.1. The van der Waals surface area contributed by atoms with Crippen LogP contribution in [-0.4, -0.2) is 30.7 Å². The van der Waals surface area contributed by atoms with Gasteiger partial charge in [-0.3, -0.25) is 4.57 Å². The van der Waals surface area contributed by atoms with Gasteiger partial charge in [0.1, 0.15) is 11.3 Å². The van der Waals surface area contributed by atoms with E-state index in [0.717, 1.165) is 12.8 Å². The van der Waals surface area contributed by atoms with E-state index in [0.29, 0.717) is 57.3 Å². The molecule has 0 aliphatic heterocycles. The van der Waals surface area contributed by atoms with Crippen molar-refractivity contribution in [1.82, 2.24) is 19.5 Å². The zero-order valence-corrected chi connectivity index (χ0v) is 19.0. The number of nitrogens with one attached hydrogen (secondary N) is 2. The fourth-order valence-electron chi connectivity index (χ4n) is 4.09. The van der Waals surface area contributed by atoms with Crippen LogP contribution in [0.1, 0.15) is 31.7 Å². The number of rotatable bonds is 5. The van der Waals surface area contributed by atoms with Gasteiger partial charge in [0.25, 0.3) is 0 Å². The maximum atomic E-state index is 14.3. The first-order chi connectivity index (χ1) is 16.0. The number of aliphatic hydroxyl groups excluding tert-OH is 1. The minimum absolute atomic E-state index is 0.0559. The van der Waals surface area contributed by atoms with Crippen LogP contribution in [0.15, 0.2) is 48.7 Å². The highest BCUT2D eigenvalue weighted by Gasteiger charge is 2.26. The Hall–Kier alpha value is -2.94. The van der Waals surface area contributed by atoms with Gasteiger partial charge in [0.15, 0.2) is 5.65 Å². The molecule has 1 fully saturated rings. The van der Waals surface area contributed by atoms with Crippen molar-refractivity contribution in [3.63, 3.8) is 0 Å². The molecule has 2 aromatic heterocycles. The molecule has 1 aliphatic carbocycles. The van der Waals surface area contributed by atoms with Gasteiger partial charge in [0, 0.05) is 11.7 Å². The van der Waals surface area contributed by atoms with Crippen molar-refractivity contribution in [2.75, 3.05) is 10.6 Å². The summed E-state index contributed by atoms with van der Waals surface area (Å²) in [4.78, 5) is 13.7. The molecule has 3 N–H and O–H groups in total. The third-order valence-corrected chi connectivity index (χ3v) is 6.50. The minimum Gasteiger partial charge on any atom is -0.393 e. The highest BCUT2D eigenvalue weighted by atomic mass is 35.5. The molecule has 1 aliphatic rings. The second-order valence-electron chi connectivity index (χ2n) is 8.03. The first-order valence-electron chi connectivity index (χ1n) is 10.6. The van der Waals surface area contributed by atoms with Crippen molar-refractivity contribution in [2.24, 2.45) is 0 Å². The Bertz CT molecular complexity index is 1310. The smallest absolute Gasteiger partial charge is 0.229 e. The first-order valence-corrected chi connectivity index (χ1v) is 11.4. The molecular weight excluding hydrogens is 466 g/mol. The van der Waals surface area contributed by atoms with Crippen LogP contribution in [0.25, 0.3) is 11.2 Å². The van der Waals surface area contributed by atoms with Gasteiger partial charge in [0.05, 0.1) is 28.0 Å². The SMILES string of the molecule is OC1CCC(n2c(Nc3ccccc3F)nc3cnc(Nc4ccc(Cl)c(Cl)c4)nc32)CC1. The van der Waals surface area contributed by atoms with E-state index < -0.39 is 0 Å². The Morgan fingerprint density at radius 3 is 2.52 bits per heavy atom. The third kappa shape index (κ3) is 4.59. The Kier molecular flexibility index (Phi) is 6.05. The summed E-state index contributed by atoms with van der Waals surface area (Å²) in [5.74, 6) is 0.482. The van der Waals surface area contributed by atoms with Crippen LogP contribution >= 0.6 is 23.2 Å². The van der Waals surface area contributed by atoms with E-state index >= 15 is 0 Å². The lowest BCUT2D eigenvalue weighted by atomic mass is 9.93. The van der Waals surface area contributed by atoms with Gasteiger partial charge < -0.3 is 15.7 Å². The summed E-state index contributed by atoms with van der Waals surface area (Å²) >= 11 is 12.1. The molecule has 170 valence electrons. The number of hydrogen-bond acceptors (Lipinski definition) is 6. The number of anilines is 4. The van der Waals surface area contributed by atoms with E-state index in [2.05, 4.69) is 20.6 Å². The number of nitrogens with zero attached hydrogens (tertiary/aromatic N) is 4. The largest absolute Gasteiger partial charge is 0.393 e. The van der Waals surface area contributed by atoms with Crippen molar-refractivity contribution < 1.29 is 9.50 Å². The molecule has 1 saturated carbocycles. The fourth-order valence-corrected chi connectivity index (χ4v) is 4.39. The summed E-state index contributed by atoms with van der Waals surface area (Å²) < 4.78 is 16.3. The zero-order chi connectivity index (χ0) is 22.9. The van der Waals surface area contributed by atoms with Crippen LogP contribution in [0.4, 0.5) is 27.7 Å². The number of aliphatic hydroxyl groups is 1. The van der Waals surface area contributed by atoms with Gasteiger partial charge in [-0.2, -0.15) is 4.98 Å². The highest BCUT2D eigenvalue weighted by molar-refractivity contribution is 6.42. The second kappa shape index (κ2) is 9.13. The molecule has 0 amide bonds. The van der Waals surface area contributed by atoms with Crippen LogP contribution < -0.4 is 10.6 Å². The van der Waals surface area contributed by atoms with Crippen LogP contribution in [0, 0.1) is 5.82 Å². The first kappa shape index (κ1) is 21.9. The molecule has 10 heteroatoms. The average Bonchev–Trinajstić information content (AvgIpc) is 3.16. The molecule has 5 rings (SSSR count). The Labute approximate surface area is 199 Å². The second-order valence-corrected chi connectivity index (χ2v) is 8.84. The van der Waals surface area contributed by atoms with E-state index in [-0.39, 0.29) is 18.0 Å². The summed E-state index contributed by atoms with van der Waals surface area (Å²) in [7, 11) is 0. The number of hydrogen-bond donors (Lipinski definition) is 3. The summed E-state index contributed by atoms with van der Waals surface area (Å²) in [5.41, 5.74) is 2.22. The Balaban J connectivity index is 1.55. The number of benzene rings is 2. The predicted molar refractivity (Wildman–Crippen MR) is 128 cm³/mol. The van der Waals surface area contributed by atoms with Gasteiger partial charge in [-0.15, -0.1) is 0 Å². The van der Waals surface area contributed by atoms with Crippen LogP contribution in [0.5, 0.6) is 0 Å². The van der Waals surface area contributed by atoms with Crippen LogP contribution in [-0.2, 0) is 0 Å². The Morgan fingerprint density at radius 2 is 1.76 bits per heavy atom. The van der Waals surface area contributed by atoms with E-state index in [1.165, 1.54) is 6.07 Å². The van der Waals surface area contributed by atoms with Crippen molar-refractivity contribution in [3.05, 3.63) is 64.5 Å². The summed E-state index contributed by atoms with van der Waals surface area (Å²) in [6.45, 7) is 0. The van der Waals surface area contributed by atoms with E-state index in [1.807, 2.05) is 4.57 Å². The van der Waals surface area contributed by atoms with E-state index in [9.17, 15) is 9.50 Å². The monoisotopic (exact) mass is 486 g/mol. The van der Waals surface area contributed by atoms with Gasteiger partial charge in [0.2, 0.25) is 11.9 Å². The molecule has 0 atom stereocenters. The van der Waals surface area contributed by atoms with Crippen LogP contribution in [0.3, 0.4) is 0 Å². The molecule has 33 heavy (non-hydrogen) atoms. The molecule has 0 spiro atoms. The standard InChI is InChI=1S/C23H21Cl2FN6O/c24-16-10-5-13(11-17(16)25)28-22-27-12-20-21(31-22)32(14-6-8-15(33)9-7-14)23(30-20)29-19-4-2-1-3-18(19)26/h1-5,10-12,14-15,33H,6-9H2,(H,29,30)(H,27,28,31). The summed E-state index contributed by atoms with van der Waals surface area (Å²) in [6, 6.07) is 11.7. The summed E-state index contributed by atoms with van der Waals surface area (Å²) in [6.07, 6.45) is 4.21. The molecule has 7 nitrogen and oxygen atoms in total. The van der Waals surface area contributed by atoms with E-state index in [1.54, 1.807) is 42.6 Å².